The number of nitrogens with one attached hydrogen (secondary N) is 1. The van der Waals surface area contributed by atoms with Crippen molar-refractivity contribution in [3.63, 3.8) is 0 Å². The molecule has 1 heterocycles. The molecule has 0 fully saturated rings. The molecule has 0 atom stereocenters. The average molecular weight is 257 g/mol. The van der Waals surface area contributed by atoms with E-state index in [9.17, 15) is 4.79 Å². The van der Waals surface area contributed by atoms with Crippen molar-refractivity contribution in [1.82, 2.24) is 4.57 Å². The number of benzene rings is 1. The van der Waals surface area contributed by atoms with Crippen LogP contribution < -0.4 is 10.9 Å². The molecule has 98 valence electrons. The van der Waals surface area contributed by atoms with Crippen LogP contribution in [0.25, 0.3) is 0 Å². The number of hydrogen-bond donors (Lipinski definition) is 2. The molecule has 2 N–H and O–H groups in total. The van der Waals surface area contributed by atoms with Crippen molar-refractivity contribution in [3.8, 4) is 0 Å². The van der Waals surface area contributed by atoms with Crippen molar-refractivity contribution in [3.05, 3.63) is 64.6 Å². The van der Waals surface area contributed by atoms with Crippen molar-refractivity contribution >= 4 is 11.4 Å². The molecular formula is C14H15N3O2. The van der Waals surface area contributed by atoms with Crippen LogP contribution >= 0.6 is 0 Å². The maximum Gasteiger partial charge on any atom is 0.250 e. The number of oxime groups is 1. The Morgan fingerprint density at radius 1 is 1.32 bits per heavy atom. The Kier molecular flexibility index (Phi) is 3.97. The van der Waals surface area contributed by atoms with Crippen molar-refractivity contribution in [1.29, 1.82) is 0 Å². The molecule has 0 aliphatic rings. The zero-order chi connectivity index (χ0) is 13.7. The summed E-state index contributed by atoms with van der Waals surface area (Å²) in [4.78, 5) is 11.6. The fourth-order valence-electron chi connectivity index (χ4n) is 1.79. The molecule has 2 rings (SSSR count). The molecule has 1 aromatic carbocycles. The number of rotatable bonds is 4. The molecule has 0 saturated heterocycles. The van der Waals surface area contributed by atoms with E-state index in [-0.39, 0.29) is 12.1 Å². The SMILES string of the molecule is CNc1cccc(C(Cn2ccccc2=O)=NO)c1. The van der Waals surface area contributed by atoms with Gasteiger partial charge in [0, 0.05) is 30.6 Å². The van der Waals surface area contributed by atoms with Crippen molar-refractivity contribution < 1.29 is 5.21 Å². The fourth-order valence-corrected chi connectivity index (χ4v) is 1.79. The van der Waals surface area contributed by atoms with Gasteiger partial charge < -0.3 is 15.1 Å². The van der Waals surface area contributed by atoms with Gasteiger partial charge in [-0.15, -0.1) is 0 Å². The minimum atomic E-state index is -0.131. The smallest absolute Gasteiger partial charge is 0.250 e. The van der Waals surface area contributed by atoms with Gasteiger partial charge in [-0.05, 0) is 18.2 Å². The van der Waals surface area contributed by atoms with Gasteiger partial charge in [0.15, 0.2) is 0 Å². The first-order chi connectivity index (χ1) is 9.24. The molecule has 0 amide bonds. The van der Waals surface area contributed by atoms with E-state index in [2.05, 4.69) is 10.5 Å². The van der Waals surface area contributed by atoms with E-state index in [1.54, 1.807) is 18.3 Å². The lowest BCUT2D eigenvalue weighted by molar-refractivity contribution is 0.317. The molecule has 0 radical (unpaired) electrons. The molecule has 0 bridgehead atoms. The fraction of sp³-hybridized carbons (Fsp3) is 0.143. The summed E-state index contributed by atoms with van der Waals surface area (Å²) in [5.41, 5.74) is 1.99. The third-order valence-electron chi connectivity index (χ3n) is 2.82. The first-order valence-electron chi connectivity index (χ1n) is 5.89. The van der Waals surface area contributed by atoms with Gasteiger partial charge in [0.05, 0.1) is 6.54 Å². The summed E-state index contributed by atoms with van der Waals surface area (Å²) in [5.74, 6) is 0. The van der Waals surface area contributed by atoms with Gasteiger partial charge in [-0.3, -0.25) is 4.79 Å². The van der Waals surface area contributed by atoms with Crippen LogP contribution in [-0.4, -0.2) is 22.5 Å². The molecule has 0 saturated carbocycles. The van der Waals surface area contributed by atoms with Crippen LogP contribution in [0.2, 0.25) is 0 Å². The van der Waals surface area contributed by atoms with E-state index in [4.69, 9.17) is 5.21 Å². The third-order valence-corrected chi connectivity index (χ3v) is 2.82. The Morgan fingerprint density at radius 3 is 2.84 bits per heavy atom. The largest absolute Gasteiger partial charge is 0.411 e. The highest BCUT2D eigenvalue weighted by molar-refractivity contribution is 6.00. The molecule has 0 unspecified atom stereocenters. The minimum absolute atomic E-state index is 0.131. The normalized spacial score (nSPS) is 11.3. The van der Waals surface area contributed by atoms with Crippen LogP contribution in [0.4, 0.5) is 5.69 Å². The van der Waals surface area contributed by atoms with Gasteiger partial charge in [-0.2, -0.15) is 0 Å². The number of anilines is 1. The Hall–Kier alpha value is -2.56. The van der Waals surface area contributed by atoms with Crippen molar-refractivity contribution in [2.45, 2.75) is 6.54 Å². The molecular weight excluding hydrogens is 242 g/mol. The number of aromatic nitrogens is 1. The Bertz CT molecular complexity index is 647. The first-order valence-corrected chi connectivity index (χ1v) is 5.89. The van der Waals surface area contributed by atoms with E-state index in [0.717, 1.165) is 11.3 Å². The van der Waals surface area contributed by atoms with E-state index >= 15 is 0 Å². The highest BCUT2D eigenvalue weighted by atomic mass is 16.4. The lowest BCUT2D eigenvalue weighted by atomic mass is 10.1. The van der Waals surface area contributed by atoms with E-state index < -0.39 is 0 Å². The second-order valence-electron chi connectivity index (χ2n) is 4.04. The zero-order valence-electron chi connectivity index (χ0n) is 10.6. The van der Waals surface area contributed by atoms with Crippen LogP contribution in [0.5, 0.6) is 0 Å². The molecule has 0 aliphatic carbocycles. The standard InChI is InChI=1S/C14H15N3O2/c1-15-12-6-4-5-11(9-12)13(16-19)10-17-8-3-2-7-14(17)18/h2-9,15,19H,10H2,1H3. The molecule has 5 nitrogen and oxygen atoms in total. The lowest BCUT2D eigenvalue weighted by Gasteiger charge is -2.09. The summed E-state index contributed by atoms with van der Waals surface area (Å²) >= 11 is 0. The summed E-state index contributed by atoms with van der Waals surface area (Å²) in [7, 11) is 1.82. The Labute approximate surface area is 110 Å². The highest BCUT2D eigenvalue weighted by Crippen LogP contribution is 2.11. The molecule has 2 aromatic rings. The van der Waals surface area contributed by atoms with Crippen LogP contribution in [0.3, 0.4) is 0 Å². The Balaban J connectivity index is 2.31. The zero-order valence-corrected chi connectivity index (χ0v) is 10.6. The number of pyridine rings is 1. The molecule has 19 heavy (non-hydrogen) atoms. The van der Waals surface area contributed by atoms with Gasteiger partial charge in [-0.25, -0.2) is 0 Å². The van der Waals surface area contributed by atoms with Crippen LogP contribution in [-0.2, 0) is 6.54 Å². The number of hydrogen-bond acceptors (Lipinski definition) is 4. The summed E-state index contributed by atoms with van der Waals surface area (Å²) in [6.07, 6.45) is 1.66. The summed E-state index contributed by atoms with van der Waals surface area (Å²) in [5, 5.41) is 15.5. The lowest BCUT2D eigenvalue weighted by Crippen LogP contribution is -2.23. The molecule has 0 spiro atoms. The van der Waals surface area contributed by atoms with Crippen molar-refractivity contribution in [2.75, 3.05) is 12.4 Å². The maximum absolute atomic E-state index is 11.6. The molecule has 0 aliphatic heterocycles. The highest BCUT2D eigenvalue weighted by Gasteiger charge is 2.07. The van der Waals surface area contributed by atoms with E-state index in [1.807, 2.05) is 31.3 Å². The average Bonchev–Trinajstić information content (AvgIpc) is 2.46. The van der Waals surface area contributed by atoms with Gasteiger partial charge in [0.2, 0.25) is 0 Å². The van der Waals surface area contributed by atoms with Crippen LogP contribution in [0, 0.1) is 0 Å². The second-order valence-corrected chi connectivity index (χ2v) is 4.04. The predicted molar refractivity (Wildman–Crippen MR) is 75.0 cm³/mol. The van der Waals surface area contributed by atoms with Crippen molar-refractivity contribution in [2.24, 2.45) is 5.16 Å². The molecule has 1 aromatic heterocycles. The van der Waals surface area contributed by atoms with Crippen LogP contribution in [0.15, 0.2) is 58.6 Å². The van der Waals surface area contributed by atoms with Gasteiger partial charge in [0.1, 0.15) is 5.71 Å². The quantitative estimate of drug-likeness (QED) is 0.498. The monoisotopic (exact) mass is 257 g/mol. The summed E-state index contributed by atoms with van der Waals surface area (Å²) < 4.78 is 1.49. The first kappa shape index (κ1) is 12.9. The predicted octanol–water partition coefficient (Wildman–Crippen LogP) is 1.77. The summed E-state index contributed by atoms with van der Waals surface area (Å²) in [6.45, 7) is 0.226. The van der Waals surface area contributed by atoms with E-state index in [1.165, 1.54) is 10.6 Å². The topological polar surface area (TPSA) is 66.6 Å². The maximum atomic E-state index is 11.6. The Morgan fingerprint density at radius 2 is 2.16 bits per heavy atom. The minimum Gasteiger partial charge on any atom is -0.411 e. The molecule has 5 heteroatoms. The summed E-state index contributed by atoms with van der Waals surface area (Å²) in [6, 6.07) is 12.4. The van der Waals surface area contributed by atoms with Crippen LogP contribution in [0.1, 0.15) is 5.56 Å². The van der Waals surface area contributed by atoms with Gasteiger partial charge >= 0.3 is 0 Å². The number of nitrogens with zero attached hydrogens (tertiary/aromatic N) is 2. The van der Waals surface area contributed by atoms with Gasteiger partial charge in [0.25, 0.3) is 5.56 Å². The second kappa shape index (κ2) is 5.86. The third kappa shape index (κ3) is 3.01. The van der Waals surface area contributed by atoms with E-state index in [0.29, 0.717) is 5.71 Å². The van der Waals surface area contributed by atoms with Gasteiger partial charge in [-0.1, -0.05) is 23.4 Å².